The Morgan fingerprint density at radius 2 is 2.08 bits per heavy atom. The lowest BCUT2D eigenvalue weighted by molar-refractivity contribution is -0.136. The molecule has 2 aromatic heterocycles. The first kappa shape index (κ1) is 17.8. The summed E-state index contributed by atoms with van der Waals surface area (Å²) in [5, 5.41) is 18.9. The van der Waals surface area contributed by atoms with E-state index in [2.05, 4.69) is 39.1 Å². The zero-order valence-corrected chi connectivity index (χ0v) is 17.1. The molecule has 1 aliphatic carbocycles. The van der Waals surface area contributed by atoms with E-state index in [4.69, 9.17) is 0 Å². The smallest absolute Gasteiger partial charge is 0.321 e. The van der Waals surface area contributed by atoms with Gasteiger partial charge in [0.25, 0.3) is 0 Å². The molecule has 2 heterocycles. The lowest BCUT2D eigenvalue weighted by Gasteiger charge is -2.12. The van der Waals surface area contributed by atoms with Gasteiger partial charge in [-0.15, -0.1) is 21.5 Å². The van der Waals surface area contributed by atoms with Crippen molar-refractivity contribution in [1.29, 1.82) is 0 Å². The molecular formula is C18H16BrN3O2S2. The number of carboxylic acids is 1. The second-order valence-electron chi connectivity index (χ2n) is 6.24. The average molecular weight is 450 g/mol. The second-order valence-corrected chi connectivity index (χ2v) is 9.08. The number of nitrogens with zero attached hydrogens (tertiary/aromatic N) is 3. The summed E-state index contributed by atoms with van der Waals surface area (Å²) in [5.41, 5.74) is 2.01. The summed E-state index contributed by atoms with van der Waals surface area (Å²) in [5.74, 6) is -0.218. The summed E-state index contributed by atoms with van der Waals surface area (Å²) in [6.45, 7) is 2.13. The summed E-state index contributed by atoms with van der Waals surface area (Å²) in [7, 11) is 0. The lowest BCUT2D eigenvalue weighted by atomic mass is 10.1. The Bertz CT molecular complexity index is 951. The van der Waals surface area contributed by atoms with Gasteiger partial charge in [0, 0.05) is 4.88 Å². The van der Waals surface area contributed by atoms with Gasteiger partial charge in [-0.1, -0.05) is 42.1 Å². The van der Waals surface area contributed by atoms with Crippen LogP contribution in [0.5, 0.6) is 0 Å². The quantitative estimate of drug-likeness (QED) is 0.524. The highest BCUT2D eigenvalue weighted by Crippen LogP contribution is 2.47. The molecule has 1 N–H and O–H groups in total. The molecule has 0 radical (unpaired) electrons. The summed E-state index contributed by atoms with van der Waals surface area (Å²) in [6, 6.07) is 11.3. The molecule has 1 fully saturated rings. The van der Waals surface area contributed by atoms with E-state index in [1.807, 2.05) is 34.9 Å². The standard InChI is InChI=1S/C18H16BrN3O2S2/c1-10-9-13(25-14(10)12-7-8-12)22-17(19)20-21-18(22)26-15(16(23)24)11-5-3-2-4-6-11/h2-6,9,12,15H,7-8H2,1H3,(H,23,24). The Hall–Kier alpha value is -1.64. The van der Waals surface area contributed by atoms with Crippen molar-refractivity contribution in [3.05, 3.63) is 57.1 Å². The fourth-order valence-corrected chi connectivity index (χ4v) is 5.91. The van der Waals surface area contributed by atoms with Crippen LogP contribution in [0.1, 0.15) is 40.0 Å². The van der Waals surface area contributed by atoms with Crippen LogP contribution in [-0.2, 0) is 4.79 Å². The van der Waals surface area contributed by atoms with E-state index < -0.39 is 11.2 Å². The molecule has 1 aromatic carbocycles. The molecule has 0 spiro atoms. The van der Waals surface area contributed by atoms with Crippen molar-refractivity contribution >= 4 is 45.0 Å². The first-order chi connectivity index (χ1) is 12.5. The molecule has 1 unspecified atom stereocenters. The normalized spacial score (nSPS) is 15.2. The maximum atomic E-state index is 11.8. The Kier molecular flexibility index (Phi) is 4.90. The third-order valence-electron chi connectivity index (χ3n) is 4.26. The molecule has 1 aliphatic rings. The fourth-order valence-electron chi connectivity index (χ4n) is 2.85. The van der Waals surface area contributed by atoms with Crippen LogP contribution in [0.15, 0.2) is 46.3 Å². The maximum Gasteiger partial charge on any atom is 0.321 e. The van der Waals surface area contributed by atoms with Crippen LogP contribution in [0.3, 0.4) is 0 Å². The van der Waals surface area contributed by atoms with Gasteiger partial charge in [-0.25, -0.2) is 0 Å². The predicted octanol–water partition coefficient (Wildman–Crippen LogP) is 5.20. The molecule has 0 aliphatic heterocycles. The molecule has 0 saturated heterocycles. The van der Waals surface area contributed by atoms with Gasteiger partial charge < -0.3 is 5.11 Å². The topological polar surface area (TPSA) is 68.0 Å². The van der Waals surface area contributed by atoms with Crippen molar-refractivity contribution in [1.82, 2.24) is 14.8 Å². The molecule has 0 bridgehead atoms. The van der Waals surface area contributed by atoms with Gasteiger partial charge >= 0.3 is 5.97 Å². The SMILES string of the molecule is Cc1cc(-n2c(Br)nnc2SC(C(=O)O)c2ccccc2)sc1C1CC1. The highest BCUT2D eigenvalue weighted by atomic mass is 79.9. The number of benzene rings is 1. The minimum atomic E-state index is -0.895. The van der Waals surface area contributed by atoms with Crippen LogP contribution in [0, 0.1) is 6.92 Å². The van der Waals surface area contributed by atoms with Gasteiger partial charge in [-0.2, -0.15) is 0 Å². The highest BCUT2D eigenvalue weighted by molar-refractivity contribution is 9.10. The van der Waals surface area contributed by atoms with Crippen molar-refractivity contribution in [2.24, 2.45) is 0 Å². The van der Waals surface area contributed by atoms with Crippen LogP contribution < -0.4 is 0 Å². The molecule has 26 heavy (non-hydrogen) atoms. The van der Waals surface area contributed by atoms with Crippen molar-refractivity contribution in [2.75, 3.05) is 0 Å². The van der Waals surface area contributed by atoms with E-state index in [0.717, 1.165) is 10.6 Å². The first-order valence-electron chi connectivity index (χ1n) is 8.20. The molecule has 8 heteroatoms. The van der Waals surface area contributed by atoms with E-state index in [1.165, 1.54) is 35.0 Å². The van der Waals surface area contributed by atoms with Crippen LogP contribution in [0.2, 0.25) is 0 Å². The monoisotopic (exact) mass is 449 g/mol. The number of aliphatic carboxylic acids is 1. The van der Waals surface area contributed by atoms with Crippen molar-refractivity contribution in [3.8, 4) is 5.00 Å². The highest BCUT2D eigenvalue weighted by Gasteiger charge is 2.29. The summed E-state index contributed by atoms with van der Waals surface area (Å²) < 4.78 is 2.48. The number of carboxylic acid groups (broad SMARTS) is 1. The Balaban J connectivity index is 1.70. The van der Waals surface area contributed by atoms with Gasteiger partial charge in [-0.3, -0.25) is 9.36 Å². The molecule has 4 rings (SSSR count). The van der Waals surface area contributed by atoms with Crippen molar-refractivity contribution < 1.29 is 9.90 Å². The van der Waals surface area contributed by atoms with Crippen LogP contribution in [-0.4, -0.2) is 25.8 Å². The number of thiophene rings is 1. The van der Waals surface area contributed by atoms with E-state index in [9.17, 15) is 9.90 Å². The van der Waals surface area contributed by atoms with Gasteiger partial charge in [-0.05, 0) is 58.8 Å². The molecule has 5 nitrogen and oxygen atoms in total. The van der Waals surface area contributed by atoms with E-state index in [-0.39, 0.29) is 0 Å². The number of halogens is 1. The Morgan fingerprint density at radius 3 is 2.73 bits per heavy atom. The number of hydrogen-bond donors (Lipinski definition) is 1. The number of aromatic nitrogens is 3. The van der Waals surface area contributed by atoms with E-state index >= 15 is 0 Å². The van der Waals surface area contributed by atoms with Gasteiger partial charge in [0.05, 0.1) is 0 Å². The Labute approximate surface area is 167 Å². The zero-order chi connectivity index (χ0) is 18.3. The van der Waals surface area contributed by atoms with Crippen molar-refractivity contribution in [3.63, 3.8) is 0 Å². The van der Waals surface area contributed by atoms with Crippen molar-refractivity contribution in [2.45, 2.75) is 36.1 Å². The fraction of sp³-hybridized carbons (Fsp3) is 0.278. The number of carbonyl (C=O) groups is 1. The third-order valence-corrected chi connectivity index (χ3v) is 7.34. The maximum absolute atomic E-state index is 11.8. The number of thioether (sulfide) groups is 1. The third kappa shape index (κ3) is 3.45. The van der Waals surface area contributed by atoms with Crippen LogP contribution >= 0.6 is 39.0 Å². The van der Waals surface area contributed by atoms with Gasteiger partial charge in [0.15, 0.2) is 5.16 Å². The molecule has 3 aromatic rings. The van der Waals surface area contributed by atoms with Gasteiger partial charge in [0.2, 0.25) is 4.73 Å². The summed E-state index contributed by atoms with van der Waals surface area (Å²) in [4.78, 5) is 13.2. The van der Waals surface area contributed by atoms with Crippen LogP contribution in [0.25, 0.3) is 5.00 Å². The molecular weight excluding hydrogens is 434 g/mol. The molecule has 134 valence electrons. The van der Waals surface area contributed by atoms with E-state index in [1.54, 1.807) is 11.3 Å². The molecule has 1 atom stereocenters. The minimum absolute atomic E-state index is 0.566. The first-order valence-corrected chi connectivity index (χ1v) is 10.7. The molecule has 1 saturated carbocycles. The van der Waals surface area contributed by atoms with Crippen LogP contribution in [0.4, 0.5) is 0 Å². The number of aryl methyl sites for hydroxylation is 1. The largest absolute Gasteiger partial charge is 0.480 e. The number of rotatable bonds is 6. The second kappa shape index (κ2) is 7.17. The lowest BCUT2D eigenvalue weighted by Crippen LogP contribution is -2.09. The molecule has 0 amide bonds. The Morgan fingerprint density at radius 1 is 1.35 bits per heavy atom. The average Bonchev–Trinajstić information content (AvgIpc) is 3.30. The predicted molar refractivity (Wildman–Crippen MR) is 106 cm³/mol. The summed E-state index contributed by atoms with van der Waals surface area (Å²) >= 11 is 6.40. The minimum Gasteiger partial charge on any atom is -0.480 e. The number of hydrogen-bond acceptors (Lipinski definition) is 5. The van der Waals surface area contributed by atoms with E-state index in [0.29, 0.717) is 15.8 Å². The van der Waals surface area contributed by atoms with Gasteiger partial charge in [0.1, 0.15) is 10.3 Å². The zero-order valence-electron chi connectivity index (χ0n) is 13.9. The summed E-state index contributed by atoms with van der Waals surface area (Å²) in [6.07, 6.45) is 2.50.